The number of rotatable bonds is 9. The molecular weight excluding hydrogens is 797 g/mol. The van der Waals surface area contributed by atoms with E-state index < -0.39 is 0 Å². The van der Waals surface area contributed by atoms with Gasteiger partial charge in [-0.05, 0) is 92.0 Å². The van der Waals surface area contributed by atoms with E-state index in [4.69, 9.17) is 0 Å². The number of fused-ring (bicyclic) bond motifs is 2. The third-order valence-electron chi connectivity index (χ3n) is 13.0. The summed E-state index contributed by atoms with van der Waals surface area (Å²) in [6.07, 6.45) is 0. The largest absolute Gasteiger partial charge is 0.309 e. The first-order chi connectivity index (χ1) is 32.8. The maximum atomic E-state index is 2.47. The summed E-state index contributed by atoms with van der Waals surface area (Å²) in [5.41, 5.74) is 21.2. The summed E-state index contributed by atoms with van der Waals surface area (Å²) in [5, 5.41) is 2.40. The summed E-state index contributed by atoms with van der Waals surface area (Å²) in [7, 11) is 0. The maximum absolute atomic E-state index is 2.47. The van der Waals surface area contributed by atoms with Crippen molar-refractivity contribution in [1.29, 1.82) is 0 Å². The monoisotopic (exact) mass is 840 g/mol. The fourth-order valence-corrected chi connectivity index (χ4v) is 9.84. The molecule has 10 aromatic carbocycles. The van der Waals surface area contributed by atoms with Crippen LogP contribution in [-0.2, 0) is 0 Å². The van der Waals surface area contributed by atoms with E-state index >= 15 is 0 Å². The molecule has 0 saturated heterocycles. The van der Waals surface area contributed by atoms with Crippen LogP contribution in [-0.4, -0.2) is 9.13 Å². The highest BCUT2D eigenvalue weighted by Crippen LogP contribution is 2.50. The quantitative estimate of drug-likeness (QED) is 0.137. The van der Waals surface area contributed by atoms with Gasteiger partial charge in [-0.3, -0.25) is 0 Å². The Morgan fingerprint density at radius 3 is 0.712 bits per heavy atom. The summed E-state index contributed by atoms with van der Waals surface area (Å²) in [6.45, 7) is 0. The Kier molecular flexibility index (Phi) is 9.89. The number of para-hydroxylation sites is 2. The lowest BCUT2D eigenvalue weighted by molar-refractivity contribution is 1.13. The Bertz CT molecular complexity index is 3360. The molecule has 12 rings (SSSR count). The minimum Gasteiger partial charge on any atom is -0.309 e. The molecule has 0 fully saturated rings. The van der Waals surface area contributed by atoms with E-state index in [0.29, 0.717) is 0 Å². The van der Waals surface area contributed by atoms with Crippen molar-refractivity contribution in [3.8, 4) is 89.5 Å². The van der Waals surface area contributed by atoms with Crippen molar-refractivity contribution in [1.82, 2.24) is 9.13 Å². The molecule has 2 heterocycles. The van der Waals surface area contributed by atoms with Crippen LogP contribution < -0.4 is 0 Å². The van der Waals surface area contributed by atoms with Crippen LogP contribution in [0.3, 0.4) is 0 Å². The van der Waals surface area contributed by atoms with E-state index in [1.807, 2.05) is 0 Å². The first kappa shape index (κ1) is 38.9. The second-order valence-electron chi connectivity index (χ2n) is 16.9. The third-order valence-corrected chi connectivity index (χ3v) is 13.0. The van der Waals surface area contributed by atoms with E-state index in [-0.39, 0.29) is 0 Å². The zero-order valence-electron chi connectivity index (χ0n) is 36.3. The van der Waals surface area contributed by atoms with Crippen LogP contribution in [0.2, 0.25) is 0 Å². The zero-order chi connectivity index (χ0) is 43.8. The van der Waals surface area contributed by atoms with Gasteiger partial charge in [0.05, 0.1) is 22.4 Å². The van der Waals surface area contributed by atoms with Crippen molar-refractivity contribution in [2.75, 3.05) is 0 Å². The topological polar surface area (TPSA) is 9.86 Å². The van der Waals surface area contributed by atoms with Gasteiger partial charge in [0.2, 0.25) is 0 Å². The highest BCUT2D eigenvalue weighted by Gasteiger charge is 2.28. The summed E-state index contributed by atoms with van der Waals surface area (Å²) in [4.78, 5) is 0. The van der Waals surface area contributed by atoms with Crippen molar-refractivity contribution >= 4 is 21.8 Å². The van der Waals surface area contributed by atoms with Gasteiger partial charge in [-0.2, -0.15) is 0 Å². The molecule has 0 aliphatic heterocycles. The third kappa shape index (κ3) is 6.93. The Morgan fingerprint density at radius 2 is 0.409 bits per heavy atom. The van der Waals surface area contributed by atoms with Crippen molar-refractivity contribution in [3.63, 3.8) is 0 Å². The van der Waals surface area contributed by atoms with Gasteiger partial charge in [-0.15, -0.1) is 0 Å². The molecule has 0 N–H and O–H groups in total. The molecule has 2 nitrogen and oxygen atoms in total. The molecular formula is C64H44N2. The molecule has 0 atom stereocenters. The lowest BCUT2D eigenvalue weighted by Gasteiger charge is -2.16. The lowest BCUT2D eigenvalue weighted by Crippen LogP contribution is -1.99. The van der Waals surface area contributed by atoms with Crippen LogP contribution in [0.15, 0.2) is 267 Å². The highest BCUT2D eigenvalue weighted by atomic mass is 15.0. The average molecular weight is 841 g/mol. The minimum absolute atomic E-state index is 1.11. The smallest absolute Gasteiger partial charge is 0.0620 e. The number of benzene rings is 10. The predicted molar refractivity (Wildman–Crippen MR) is 278 cm³/mol. The van der Waals surface area contributed by atoms with Gasteiger partial charge in [0.15, 0.2) is 0 Å². The Morgan fingerprint density at radius 1 is 0.182 bits per heavy atom. The lowest BCUT2D eigenvalue weighted by atomic mass is 9.93. The molecule has 0 bridgehead atoms. The molecule has 0 aliphatic rings. The van der Waals surface area contributed by atoms with Gasteiger partial charge in [0.25, 0.3) is 0 Å². The van der Waals surface area contributed by atoms with E-state index in [1.165, 1.54) is 66.4 Å². The van der Waals surface area contributed by atoms with Crippen LogP contribution in [0.1, 0.15) is 0 Å². The van der Waals surface area contributed by atoms with Crippen LogP contribution in [0, 0.1) is 0 Å². The Hall–Kier alpha value is -8.72. The maximum Gasteiger partial charge on any atom is 0.0620 e. The van der Waals surface area contributed by atoms with Crippen LogP contribution >= 0.6 is 0 Å². The van der Waals surface area contributed by atoms with Crippen LogP contribution in [0.4, 0.5) is 0 Å². The zero-order valence-corrected chi connectivity index (χ0v) is 36.3. The molecule has 2 heteroatoms. The minimum atomic E-state index is 1.11. The van der Waals surface area contributed by atoms with Crippen LogP contribution in [0.25, 0.3) is 111 Å². The normalized spacial score (nSPS) is 11.3. The summed E-state index contributed by atoms with van der Waals surface area (Å²) in [6, 6.07) is 96.8. The molecule has 0 unspecified atom stereocenters. The molecule has 0 spiro atoms. The van der Waals surface area contributed by atoms with Crippen molar-refractivity contribution in [2.45, 2.75) is 0 Å². The first-order valence-corrected chi connectivity index (χ1v) is 22.7. The number of nitrogens with zero attached hydrogens (tertiary/aromatic N) is 2. The molecule has 0 radical (unpaired) electrons. The van der Waals surface area contributed by atoms with Gasteiger partial charge < -0.3 is 9.13 Å². The molecule has 66 heavy (non-hydrogen) atoms. The van der Waals surface area contributed by atoms with Gasteiger partial charge in [0, 0.05) is 33.3 Å². The van der Waals surface area contributed by atoms with Crippen molar-refractivity contribution in [2.24, 2.45) is 0 Å². The summed E-state index contributed by atoms with van der Waals surface area (Å²) >= 11 is 0. The fraction of sp³-hybridized carbons (Fsp3) is 0. The van der Waals surface area contributed by atoms with Gasteiger partial charge in [-0.25, -0.2) is 0 Å². The Labute approximate surface area is 385 Å². The molecule has 0 amide bonds. The highest BCUT2D eigenvalue weighted by molar-refractivity contribution is 6.16. The van der Waals surface area contributed by atoms with Gasteiger partial charge in [0.1, 0.15) is 0 Å². The first-order valence-electron chi connectivity index (χ1n) is 22.7. The van der Waals surface area contributed by atoms with Crippen molar-refractivity contribution < 1.29 is 0 Å². The van der Waals surface area contributed by atoms with E-state index in [1.54, 1.807) is 0 Å². The second-order valence-corrected chi connectivity index (χ2v) is 16.9. The summed E-state index contributed by atoms with van der Waals surface area (Å²) in [5.74, 6) is 0. The Balaban J connectivity index is 1.04. The molecule has 310 valence electrons. The van der Waals surface area contributed by atoms with E-state index in [9.17, 15) is 0 Å². The van der Waals surface area contributed by atoms with Crippen LogP contribution in [0.5, 0.6) is 0 Å². The SMILES string of the molecule is c1ccc(-c2ccc(-c3ccc(-n4c(-c5ccccc5)c(-c5c(-c6ccccc6)n(-c6ccc(-c7ccc(-c8ccccc8)cc7)cc6)c6ccccc56)c5ccccc54)cc3)cc2)cc1. The standard InChI is InChI=1S/C64H44N2/c1-5-17-45(18-6-1)47-29-33-49(34-30-47)51-37-41-55(42-38-51)65-59-27-15-13-25-57(59)61(63(65)53-21-9-3-10-22-53)62-58-26-14-16-28-60(58)66(64(62)54-23-11-4-12-24-54)56-43-39-52(40-44-56)50-35-31-48(32-36-50)46-19-7-2-8-20-46/h1-44H. The molecule has 0 saturated carbocycles. The van der Waals surface area contributed by atoms with Crippen molar-refractivity contribution in [3.05, 3.63) is 267 Å². The van der Waals surface area contributed by atoms with Gasteiger partial charge >= 0.3 is 0 Å². The van der Waals surface area contributed by atoms with E-state index in [0.717, 1.165) is 44.9 Å². The summed E-state index contributed by atoms with van der Waals surface area (Å²) < 4.78 is 4.95. The molecule has 2 aromatic heterocycles. The predicted octanol–water partition coefficient (Wildman–Crippen LogP) is 17.2. The fourth-order valence-electron chi connectivity index (χ4n) is 9.84. The van der Waals surface area contributed by atoms with Gasteiger partial charge in [-0.1, -0.05) is 231 Å². The molecule has 0 aliphatic carbocycles. The second kappa shape index (κ2) is 16.8. The average Bonchev–Trinajstić information content (AvgIpc) is 3.93. The van der Waals surface area contributed by atoms with E-state index in [2.05, 4.69) is 276 Å². The molecule has 12 aromatic rings. The number of aromatic nitrogens is 2. The number of hydrogen-bond donors (Lipinski definition) is 0. The number of hydrogen-bond acceptors (Lipinski definition) is 0.